The highest BCUT2D eigenvalue weighted by Crippen LogP contribution is 2.27. The summed E-state index contributed by atoms with van der Waals surface area (Å²) in [6.07, 6.45) is 0. The first kappa shape index (κ1) is 14.8. The smallest absolute Gasteiger partial charge is 0.257 e. The number of carbonyl (C=O) groups is 1. The molecule has 0 saturated carbocycles. The fourth-order valence-electron chi connectivity index (χ4n) is 1.62. The van der Waals surface area contributed by atoms with E-state index in [2.05, 4.69) is 21.2 Å². The van der Waals surface area contributed by atoms with Crippen molar-refractivity contribution in [2.24, 2.45) is 0 Å². The Bertz CT molecular complexity index is 664. The quantitative estimate of drug-likeness (QED) is 0.877. The lowest BCUT2D eigenvalue weighted by Crippen LogP contribution is -2.12. The average Bonchev–Trinajstić information content (AvgIpc) is 2.43. The number of nitrogens with one attached hydrogen (secondary N) is 1. The molecule has 0 aromatic heterocycles. The summed E-state index contributed by atoms with van der Waals surface area (Å²) in [6.45, 7) is 0. The number of rotatable bonds is 3. The second-order valence-corrected chi connectivity index (χ2v) is 5.14. The molecule has 0 aliphatic carbocycles. The highest BCUT2D eigenvalue weighted by Gasteiger charge is 2.13. The predicted molar refractivity (Wildman–Crippen MR) is 80.1 cm³/mol. The summed E-state index contributed by atoms with van der Waals surface area (Å²) < 4.78 is 18.8. The van der Waals surface area contributed by atoms with Gasteiger partial charge in [-0.05, 0) is 40.2 Å². The third-order valence-electron chi connectivity index (χ3n) is 2.61. The van der Waals surface area contributed by atoms with Crippen LogP contribution in [-0.4, -0.2) is 13.0 Å². The fourth-order valence-corrected chi connectivity index (χ4v) is 2.19. The van der Waals surface area contributed by atoms with E-state index in [1.807, 2.05) is 0 Å². The molecular weight excluding hydrogens is 349 g/mol. The van der Waals surface area contributed by atoms with Crippen LogP contribution in [0.2, 0.25) is 5.02 Å². The Morgan fingerprint density at radius 3 is 2.80 bits per heavy atom. The number of methoxy groups -OCH3 is 1. The first-order chi connectivity index (χ1) is 9.52. The molecule has 3 nitrogen and oxygen atoms in total. The topological polar surface area (TPSA) is 38.3 Å². The Hall–Kier alpha value is -1.59. The first-order valence-corrected chi connectivity index (χ1v) is 6.79. The van der Waals surface area contributed by atoms with E-state index in [1.165, 1.54) is 25.3 Å². The zero-order valence-corrected chi connectivity index (χ0v) is 12.8. The minimum Gasteiger partial charge on any atom is -0.494 e. The molecule has 0 radical (unpaired) electrons. The number of carbonyl (C=O) groups excluding carboxylic acids is 1. The van der Waals surface area contributed by atoms with E-state index < -0.39 is 5.82 Å². The van der Waals surface area contributed by atoms with Gasteiger partial charge in [0.25, 0.3) is 5.91 Å². The van der Waals surface area contributed by atoms with E-state index in [-0.39, 0.29) is 11.7 Å². The van der Waals surface area contributed by atoms with Crippen LogP contribution in [0.25, 0.3) is 0 Å². The van der Waals surface area contributed by atoms with Crippen LogP contribution in [0.1, 0.15) is 10.4 Å². The van der Waals surface area contributed by atoms with E-state index >= 15 is 0 Å². The predicted octanol–water partition coefficient (Wildman–Crippen LogP) is 4.50. The van der Waals surface area contributed by atoms with Gasteiger partial charge in [0.15, 0.2) is 11.6 Å². The summed E-state index contributed by atoms with van der Waals surface area (Å²) in [5, 5.41) is 2.96. The molecule has 1 N–H and O–H groups in total. The van der Waals surface area contributed by atoms with Gasteiger partial charge in [-0.25, -0.2) is 4.39 Å². The molecule has 0 atom stereocenters. The van der Waals surface area contributed by atoms with Crippen LogP contribution < -0.4 is 10.1 Å². The summed E-state index contributed by atoms with van der Waals surface area (Å²) >= 11 is 9.30. The second-order valence-electron chi connectivity index (χ2n) is 3.90. The Morgan fingerprint density at radius 2 is 2.10 bits per heavy atom. The van der Waals surface area contributed by atoms with Crippen molar-refractivity contribution in [1.29, 1.82) is 0 Å². The third kappa shape index (κ3) is 3.11. The lowest BCUT2D eigenvalue weighted by Gasteiger charge is -2.09. The molecular formula is C14H10BrClFNO2. The molecule has 0 unspecified atom stereocenters. The van der Waals surface area contributed by atoms with Crippen LogP contribution in [0.4, 0.5) is 10.1 Å². The summed E-state index contributed by atoms with van der Waals surface area (Å²) in [6, 6.07) is 9.11. The number of amides is 1. The maximum Gasteiger partial charge on any atom is 0.257 e. The molecule has 2 rings (SSSR count). The van der Waals surface area contributed by atoms with Crippen molar-refractivity contribution in [3.05, 3.63) is 57.3 Å². The highest BCUT2D eigenvalue weighted by atomic mass is 79.9. The van der Waals surface area contributed by atoms with Gasteiger partial charge in [0.2, 0.25) is 0 Å². The summed E-state index contributed by atoms with van der Waals surface area (Å²) in [5.74, 6) is -0.820. The molecule has 0 aliphatic heterocycles. The van der Waals surface area contributed by atoms with Gasteiger partial charge in [-0.2, -0.15) is 0 Å². The lowest BCUT2D eigenvalue weighted by atomic mass is 10.2. The first-order valence-electron chi connectivity index (χ1n) is 5.62. The zero-order valence-electron chi connectivity index (χ0n) is 10.4. The van der Waals surface area contributed by atoms with Crippen molar-refractivity contribution < 1.29 is 13.9 Å². The molecule has 2 aromatic rings. The molecule has 2 aromatic carbocycles. The SMILES string of the molecule is COc1cc(NC(=O)c2cccc(Br)c2Cl)ccc1F. The Labute approximate surface area is 128 Å². The van der Waals surface area contributed by atoms with E-state index in [1.54, 1.807) is 18.2 Å². The monoisotopic (exact) mass is 357 g/mol. The van der Waals surface area contributed by atoms with Crippen molar-refractivity contribution in [3.63, 3.8) is 0 Å². The van der Waals surface area contributed by atoms with Gasteiger partial charge in [-0.1, -0.05) is 17.7 Å². The van der Waals surface area contributed by atoms with Gasteiger partial charge in [0, 0.05) is 16.2 Å². The van der Waals surface area contributed by atoms with Gasteiger partial charge in [0.1, 0.15) is 0 Å². The fraction of sp³-hybridized carbons (Fsp3) is 0.0714. The second kappa shape index (κ2) is 6.24. The Morgan fingerprint density at radius 1 is 1.35 bits per heavy atom. The number of anilines is 1. The van der Waals surface area contributed by atoms with Crippen molar-refractivity contribution in [1.82, 2.24) is 0 Å². The minimum atomic E-state index is -0.494. The maximum absolute atomic E-state index is 13.3. The number of benzene rings is 2. The number of ether oxygens (including phenoxy) is 1. The molecule has 0 fully saturated rings. The average molecular weight is 359 g/mol. The number of halogens is 3. The normalized spacial score (nSPS) is 10.2. The van der Waals surface area contributed by atoms with Crippen LogP contribution in [0.3, 0.4) is 0 Å². The van der Waals surface area contributed by atoms with E-state index in [0.29, 0.717) is 20.7 Å². The largest absolute Gasteiger partial charge is 0.494 e. The van der Waals surface area contributed by atoms with E-state index in [0.717, 1.165) is 0 Å². The van der Waals surface area contributed by atoms with Crippen LogP contribution in [0.15, 0.2) is 40.9 Å². The molecule has 0 aliphatic rings. The molecule has 0 spiro atoms. The maximum atomic E-state index is 13.3. The summed E-state index contributed by atoms with van der Waals surface area (Å²) in [4.78, 5) is 12.1. The third-order valence-corrected chi connectivity index (χ3v) is 3.90. The lowest BCUT2D eigenvalue weighted by molar-refractivity contribution is 0.102. The van der Waals surface area contributed by atoms with Crippen LogP contribution >= 0.6 is 27.5 Å². The van der Waals surface area contributed by atoms with Crippen LogP contribution in [-0.2, 0) is 0 Å². The van der Waals surface area contributed by atoms with Gasteiger partial charge in [-0.3, -0.25) is 4.79 Å². The highest BCUT2D eigenvalue weighted by molar-refractivity contribution is 9.10. The summed E-state index contributed by atoms with van der Waals surface area (Å²) in [5.41, 5.74) is 0.744. The van der Waals surface area contributed by atoms with Gasteiger partial charge in [-0.15, -0.1) is 0 Å². The van der Waals surface area contributed by atoms with Gasteiger partial charge < -0.3 is 10.1 Å². The molecule has 20 heavy (non-hydrogen) atoms. The van der Waals surface area contributed by atoms with E-state index in [9.17, 15) is 9.18 Å². The summed E-state index contributed by atoms with van der Waals surface area (Å²) in [7, 11) is 1.36. The number of hydrogen-bond donors (Lipinski definition) is 1. The van der Waals surface area contributed by atoms with Crippen LogP contribution in [0.5, 0.6) is 5.75 Å². The Balaban J connectivity index is 2.26. The minimum absolute atomic E-state index is 0.0585. The van der Waals surface area contributed by atoms with Crippen molar-refractivity contribution >= 4 is 39.1 Å². The molecule has 1 amide bonds. The molecule has 104 valence electrons. The number of hydrogen-bond acceptors (Lipinski definition) is 2. The van der Waals surface area contributed by atoms with Gasteiger partial charge in [0.05, 0.1) is 17.7 Å². The molecule has 0 bridgehead atoms. The molecule has 6 heteroatoms. The molecule has 0 heterocycles. The van der Waals surface area contributed by atoms with Crippen molar-refractivity contribution in [3.8, 4) is 5.75 Å². The van der Waals surface area contributed by atoms with Gasteiger partial charge >= 0.3 is 0 Å². The van der Waals surface area contributed by atoms with Crippen LogP contribution in [0, 0.1) is 5.82 Å². The molecule has 0 saturated heterocycles. The van der Waals surface area contributed by atoms with Crippen molar-refractivity contribution in [2.45, 2.75) is 0 Å². The van der Waals surface area contributed by atoms with E-state index in [4.69, 9.17) is 16.3 Å². The standard InChI is InChI=1S/C14H10BrClFNO2/c1-20-12-7-8(5-6-11(12)17)18-14(19)9-3-2-4-10(15)13(9)16/h2-7H,1H3,(H,18,19). The Kier molecular flexibility index (Phi) is 4.62. The zero-order chi connectivity index (χ0) is 14.7. The van der Waals surface area contributed by atoms with Crippen molar-refractivity contribution in [2.75, 3.05) is 12.4 Å².